The largest absolute Gasteiger partial charge is 0.481 e. The Morgan fingerprint density at radius 3 is 2.47 bits per heavy atom. The number of aryl methyl sites for hydroxylation is 1. The average molecular weight is 236 g/mol. The molecule has 94 valence electrons. The fourth-order valence-electron chi connectivity index (χ4n) is 1.55. The zero-order valence-corrected chi connectivity index (χ0v) is 11.1. The second-order valence-electron chi connectivity index (χ2n) is 5.50. The summed E-state index contributed by atoms with van der Waals surface area (Å²) in [5.41, 5.74) is 1.79. The number of carbonyl (C=O) groups is 1. The fraction of sp³-hybridized carbons (Fsp3) is 0.615. The van der Waals surface area contributed by atoms with E-state index in [1.54, 1.807) is 0 Å². The molecular formula is C13H20N2O2. The minimum atomic E-state index is -0.820. The molecule has 0 aliphatic rings. The zero-order chi connectivity index (χ0) is 13.2. The van der Waals surface area contributed by atoms with Crippen LogP contribution in [0.4, 0.5) is 0 Å². The number of hydrogen-bond donors (Lipinski definition) is 1. The lowest BCUT2D eigenvalue weighted by molar-refractivity contribution is -0.137. The number of carboxylic acids is 1. The minimum absolute atomic E-state index is 0.0502. The highest BCUT2D eigenvalue weighted by molar-refractivity contribution is 5.67. The maximum Gasteiger partial charge on any atom is 0.304 e. The van der Waals surface area contributed by atoms with Crippen molar-refractivity contribution in [2.24, 2.45) is 0 Å². The van der Waals surface area contributed by atoms with E-state index in [1.807, 2.05) is 19.9 Å². The normalized spacial score (nSPS) is 13.5. The lowest BCUT2D eigenvalue weighted by atomic mass is 9.91. The van der Waals surface area contributed by atoms with Gasteiger partial charge in [0.25, 0.3) is 0 Å². The molecule has 1 aromatic rings. The van der Waals surface area contributed by atoms with Crippen LogP contribution < -0.4 is 0 Å². The smallest absolute Gasteiger partial charge is 0.304 e. The van der Waals surface area contributed by atoms with Crippen LogP contribution in [0, 0.1) is 6.92 Å². The van der Waals surface area contributed by atoms with Crippen LogP contribution in [-0.2, 0) is 10.2 Å². The molecule has 1 heterocycles. The van der Waals surface area contributed by atoms with Gasteiger partial charge in [-0.05, 0) is 13.0 Å². The summed E-state index contributed by atoms with van der Waals surface area (Å²) < 4.78 is 0. The molecule has 0 fully saturated rings. The number of aromatic nitrogens is 2. The second-order valence-corrected chi connectivity index (χ2v) is 5.50. The summed E-state index contributed by atoms with van der Waals surface area (Å²) in [6, 6.07) is 1.96. The summed E-state index contributed by atoms with van der Waals surface area (Å²) in [5, 5.41) is 8.79. The molecule has 0 saturated carbocycles. The number of nitrogens with zero attached hydrogens (tertiary/aromatic N) is 2. The first kappa shape index (κ1) is 13.6. The Bertz CT molecular complexity index is 422. The Morgan fingerprint density at radius 2 is 2.00 bits per heavy atom. The molecule has 1 atom stereocenters. The van der Waals surface area contributed by atoms with E-state index in [1.165, 1.54) is 0 Å². The van der Waals surface area contributed by atoms with E-state index in [0.29, 0.717) is 5.82 Å². The Hall–Kier alpha value is -1.45. The van der Waals surface area contributed by atoms with Crippen molar-refractivity contribution < 1.29 is 9.90 Å². The van der Waals surface area contributed by atoms with Gasteiger partial charge in [-0.25, -0.2) is 9.97 Å². The summed E-state index contributed by atoms with van der Waals surface area (Å²) in [6.07, 6.45) is 0.0625. The van der Waals surface area contributed by atoms with E-state index < -0.39 is 5.97 Å². The number of carboxylic acid groups (broad SMARTS) is 1. The molecule has 0 bridgehead atoms. The zero-order valence-electron chi connectivity index (χ0n) is 11.1. The molecule has 17 heavy (non-hydrogen) atoms. The minimum Gasteiger partial charge on any atom is -0.481 e. The molecular weight excluding hydrogens is 216 g/mol. The van der Waals surface area contributed by atoms with Crippen LogP contribution in [0.15, 0.2) is 6.07 Å². The molecule has 0 aliphatic carbocycles. The van der Waals surface area contributed by atoms with Gasteiger partial charge < -0.3 is 5.11 Å². The topological polar surface area (TPSA) is 63.1 Å². The quantitative estimate of drug-likeness (QED) is 0.876. The molecule has 1 aromatic heterocycles. The van der Waals surface area contributed by atoms with Crippen molar-refractivity contribution in [3.8, 4) is 0 Å². The van der Waals surface area contributed by atoms with Gasteiger partial charge in [0, 0.05) is 22.7 Å². The number of rotatable bonds is 3. The van der Waals surface area contributed by atoms with Crippen LogP contribution in [0.5, 0.6) is 0 Å². The van der Waals surface area contributed by atoms with Crippen molar-refractivity contribution >= 4 is 5.97 Å². The third-order valence-corrected chi connectivity index (χ3v) is 2.56. The lowest BCUT2D eigenvalue weighted by Gasteiger charge is -2.20. The van der Waals surface area contributed by atoms with Crippen molar-refractivity contribution in [2.75, 3.05) is 0 Å². The van der Waals surface area contributed by atoms with Crippen molar-refractivity contribution in [2.45, 2.75) is 52.4 Å². The molecule has 0 saturated heterocycles. The second kappa shape index (κ2) is 4.82. The Morgan fingerprint density at radius 1 is 1.41 bits per heavy atom. The fourth-order valence-corrected chi connectivity index (χ4v) is 1.55. The van der Waals surface area contributed by atoms with Gasteiger partial charge in [-0.15, -0.1) is 0 Å². The number of hydrogen-bond acceptors (Lipinski definition) is 3. The van der Waals surface area contributed by atoms with Gasteiger partial charge >= 0.3 is 5.97 Å². The number of aliphatic carboxylic acids is 1. The van der Waals surface area contributed by atoms with E-state index in [2.05, 4.69) is 30.7 Å². The monoisotopic (exact) mass is 236 g/mol. The summed E-state index contributed by atoms with van der Waals surface area (Å²) in [4.78, 5) is 19.5. The Balaban J connectivity index is 3.09. The molecule has 4 nitrogen and oxygen atoms in total. The summed E-state index contributed by atoms with van der Waals surface area (Å²) in [5.74, 6) is -0.356. The van der Waals surface area contributed by atoms with Crippen molar-refractivity contribution in [3.63, 3.8) is 0 Å². The Kier molecular flexibility index (Phi) is 3.86. The van der Waals surface area contributed by atoms with Crippen molar-refractivity contribution in [1.82, 2.24) is 9.97 Å². The first-order chi connectivity index (χ1) is 7.70. The van der Waals surface area contributed by atoms with E-state index >= 15 is 0 Å². The van der Waals surface area contributed by atoms with Crippen LogP contribution in [0.3, 0.4) is 0 Å². The lowest BCUT2D eigenvalue weighted by Crippen LogP contribution is -2.17. The first-order valence-electron chi connectivity index (χ1n) is 5.78. The first-order valence-corrected chi connectivity index (χ1v) is 5.78. The molecule has 1 rings (SSSR count). The summed E-state index contributed by atoms with van der Waals surface area (Å²) in [6.45, 7) is 10.0. The van der Waals surface area contributed by atoms with Crippen molar-refractivity contribution in [1.29, 1.82) is 0 Å². The van der Waals surface area contributed by atoms with E-state index in [0.717, 1.165) is 11.4 Å². The molecule has 0 aliphatic heterocycles. The SMILES string of the molecule is Cc1cc(C(C)(C)C)nc(C(C)CC(=O)O)n1. The third kappa shape index (κ3) is 3.80. The third-order valence-electron chi connectivity index (χ3n) is 2.56. The van der Waals surface area contributed by atoms with Crippen LogP contribution in [0.25, 0.3) is 0 Å². The molecule has 4 heteroatoms. The highest BCUT2D eigenvalue weighted by Crippen LogP contribution is 2.23. The van der Waals surface area contributed by atoms with Gasteiger partial charge in [0.1, 0.15) is 5.82 Å². The summed E-state index contributed by atoms with van der Waals surface area (Å²) in [7, 11) is 0. The molecule has 0 spiro atoms. The van der Waals surface area contributed by atoms with Gasteiger partial charge in [-0.2, -0.15) is 0 Å². The summed E-state index contributed by atoms with van der Waals surface area (Å²) >= 11 is 0. The maximum atomic E-state index is 10.7. The van der Waals surface area contributed by atoms with Gasteiger partial charge in [0.2, 0.25) is 0 Å². The van der Waals surface area contributed by atoms with E-state index in [-0.39, 0.29) is 17.8 Å². The molecule has 1 N–H and O–H groups in total. The highest BCUT2D eigenvalue weighted by Gasteiger charge is 2.20. The molecule has 0 aromatic carbocycles. The van der Waals surface area contributed by atoms with Crippen molar-refractivity contribution in [3.05, 3.63) is 23.3 Å². The maximum absolute atomic E-state index is 10.7. The molecule has 1 unspecified atom stereocenters. The average Bonchev–Trinajstić information content (AvgIpc) is 2.14. The van der Waals surface area contributed by atoms with Gasteiger partial charge in [-0.3, -0.25) is 4.79 Å². The van der Waals surface area contributed by atoms with Crippen LogP contribution in [0.2, 0.25) is 0 Å². The van der Waals surface area contributed by atoms with Gasteiger partial charge in [0.05, 0.1) is 6.42 Å². The Labute approximate surface area is 102 Å². The van der Waals surface area contributed by atoms with Crippen LogP contribution in [0.1, 0.15) is 57.2 Å². The van der Waals surface area contributed by atoms with E-state index in [9.17, 15) is 4.79 Å². The standard InChI is InChI=1S/C13H20N2O2/c1-8(6-11(16)17)12-14-9(2)7-10(15-12)13(3,4)5/h7-8H,6H2,1-5H3,(H,16,17). The predicted octanol–water partition coefficient (Wildman–Crippen LogP) is 2.66. The van der Waals surface area contributed by atoms with Crippen LogP contribution in [-0.4, -0.2) is 21.0 Å². The highest BCUT2D eigenvalue weighted by atomic mass is 16.4. The van der Waals surface area contributed by atoms with Gasteiger partial charge in [-0.1, -0.05) is 27.7 Å². The molecule has 0 radical (unpaired) electrons. The molecule has 0 amide bonds. The van der Waals surface area contributed by atoms with Gasteiger partial charge in [0.15, 0.2) is 0 Å². The van der Waals surface area contributed by atoms with Crippen LogP contribution >= 0.6 is 0 Å². The van der Waals surface area contributed by atoms with E-state index in [4.69, 9.17) is 5.11 Å². The predicted molar refractivity (Wildman–Crippen MR) is 66.1 cm³/mol.